The van der Waals surface area contributed by atoms with Crippen molar-refractivity contribution in [2.45, 2.75) is 72.8 Å². The van der Waals surface area contributed by atoms with Crippen molar-refractivity contribution in [1.82, 2.24) is 8.67 Å². The minimum atomic E-state index is -1.28. The highest BCUT2D eigenvalue weighted by molar-refractivity contribution is 7.60. The van der Waals surface area contributed by atoms with Crippen LogP contribution in [0.5, 0.6) is 0 Å². The zero-order valence-corrected chi connectivity index (χ0v) is 19.9. The SMILES string of the molecule is CCN(CC)P(C[Si](C)(C)C)N([Si](C)(C)C)[Si](C)(C)C. The van der Waals surface area contributed by atoms with Gasteiger partial charge in [0.1, 0.15) is 16.5 Å². The highest BCUT2D eigenvalue weighted by Crippen LogP contribution is 2.51. The van der Waals surface area contributed by atoms with E-state index in [4.69, 9.17) is 0 Å². The number of hydrogen-bond acceptors (Lipinski definition) is 2. The number of rotatable bonds is 8. The van der Waals surface area contributed by atoms with Gasteiger partial charge in [-0.15, -0.1) is 0 Å². The van der Waals surface area contributed by atoms with Crippen molar-refractivity contribution < 1.29 is 0 Å². The van der Waals surface area contributed by atoms with Crippen LogP contribution >= 0.6 is 8.22 Å². The minimum absolute atomic E-state index is 0.100. The average molecular weight is 351 g/mol. The fraction of sp³-hybridized carbons (Fsp3) is 1.00. The highest BCUT2D eigenvalue weighted by atomic mass is 31.1. The van der Waals surface area contributed by atoms with E-state index < -0.39 is 24.5 Å². The topological polar surface area (TPSA) is 6.48 Å². The molecule has 6 heteroatoms. The molecule has 1 atom stereocenters. The predicted molar refractivity (Wildman–Crippen MR) is 107 cm³/mol. The lowest BCUT2D eigenvalue weighted by atomic mass is 10.7. The van der Waals surface area contributed by atoms with Crippen LogP contribution in [0.15, 0.2) is 0 Å². The zero-order chi connectivity index (χ0) is 16.4. The van der Waals surface area contributed by atoms with E-state index >= 15 is 0 Å². The van der Waals surface area contributed by atoms with E-state index in [0.717, 1.165) is 0 Å². The Labute approximate surface area is 133 Å². The Morgan fingerprint density at radius 1 is 0.700 bits per heavy atom. The maximum atomic E-state index is 3.08. The predicted octanol–water partition coefficient (Wildman–Crippen LogP) is 5.49. The van der Waals surface area contributed by atoms with Crippen molar-refractivity contribution in [1.29, 1.82) is 0 Å². The van der Waals surface area contributed by atoms with E-state index in [1.54, 1.807) is 0 Å². The maximum absolute atomic E-state index is 3.08. The summed E-state index contributed by atoms with van der Waals surface area (Å²) in [6, 6.07) is 0. The Hall–Kier alpha value is 1.00. The van der Waals surface area contributed by atoms with Crippen LogP contribution in [0.4, 0.5) is 0 Å². The van der Waals surface area contributed by atoms with E-state index in [1.807, 2.05) is 0 Å². The molecule has 122 valence electrons. The molecule has 0 saturated heterocycles. The van der Waals surface area contributed by atoms with Gasteiger partial charge in [0.2, 0.25) is 0 Å². The van der Waals surface area contributed by atoms with Gasteiger partial charge < -0.3 is 4.00 Å². The molecule has 0 aliphatic carbocycles. The van der Waals surface area contributed by atoms with Crippen LogP contribution in [0.25, 0.3) is 0 Å². The van der Waals surface area contributed by atoms with Gasteiger partial charge in [0.15, 0.2) is 0 Å². The lowest BCUT2D eigenvalue weighted by molar-refractivity contribution is 0.494. The van der Waals surface area contributed by atoms with Crippen LogP contribution in [0.1, 0.15) is 13.8 Å². The third kappa shape index (κ3) is 6.84. The van der Waals surface area contributed by atoms with E-state index in [1.165, 1.54) is 18.9 Å². The molecule has 0 aliphatic heterocycles. The molecule has 0 N–H and O–H groups in total. The van der Waals surface area contributed by atoms with Crippen LogP contribution in [-0.4, -0.2) is 52.1 Å². The Bertz CT molecular complexity index is 274. The first-order valence-electron chi connectivity index (χ1n) is 8.06. The van der Waals surface area contributed by atoms with Gasteiger partial charge in [-0.05, 0) is 5.79 Å². The van der Waals surface area contributed by atoms with Crippen LogP contribution in [0.3, 0.4) is 0 Å². The standard InChI is InChI=1S/C14H39N2PSi3/c1-12-15(13-2)17(14-18(3,4)5)16(19(6,7)8)20(9,10)11/h12-14H2,1-11H3. The molecule has 0 bridgehead atoms. The first-order valence-corrected chi connectivity index (χ1v) is 20.1. The summed E-state index contributed by atoms with van der Waals surface area (Å²) >= 11 is 0. The summed E-state index contributed by atoms with van der Waals surface area (Å²) in [6.45, 7) is 30.0. The highest BCUT2D eigenvalue weighted by Gasteiger charge is 2.42. The molecular weight excluding hydrogens is 311 g/mol. The molecule has 0 aromatic rings. The Balaban J connectivity index is 5.65. The fourth-order valence-electron chi connectivity index (χ4n) is 2.97. The van der Waals surface area contributed by atoms with Crippen molar-refractivity contribution in [3.8, 4) is 0 Å². The second kappa shape index (κ2) is 7.51. The van der Waals surface area contributed by atoms with Crippen LogP contribution in [0, 0.1) is 0 Å². The summed E-state index contributed by atoms with van der Waals surface area (Å²) in [6.07, 6.45) is 0. The largest absolute Gasteiger partial charge is 0.313 e. The molecule has 0 fully saturated rings. The van der Waals surface area contributed by atoms with Crippen LogP contribution in [0.2, 0.25) is 58.9 Å². The second-order valence-electron chi connectivity index (χ2n) is 8.88. The smallest absolute Gasteiger partial charge is 0.117 e. The van der Waals surface area contributed by atoms with Gasteiger partial charge >= 0.3 is 0 Å². The fourth-order valence-corrected chi connectivity index (χ4v) is 24.3. The third-order valence-electron chi connectivity index (χ3n) is 3.17. The summed E-state index contributed by atoms with van der Waals surface area (Å²) < 4.78 is 5.87. The van der Waals surface area contributed by atoms with Crippen molar-refractivity contribution in [2.75, 3.05) is 18.9 Å². The molecule has 0 heterocycles. The molecule has 20 heavy (non-hydrogen) atoms. The van der Waals surface area contributed by atoms with E-state index in [-0.39, 0.29) is 8.22 Å². The van der Waals surface area contributed by atoms with E-state index in [9.17, 15) is 0 Å². The second-order valence-corrected chi connectivity index (χ2v) is 27.8. The minimum Gasteiger partial charge on any atom is -0.313 e. The Morgan fingerprint density at radius 2 is 1.05 bits per heavy atom. The summed E-state index contributed by atoms with van der Waals surface area (Å²) in [7, 11) is -3.70. The van der Waals surface area contributed by atoms with Crippen LogP contribution in [-0.2, 0) is 0 Å². The quantitative estimate of drug-likeness (QED) is 0.422. The molecule has 0 aliphatic rings. The lowest BCUT2D eigenvalue weighted by Gasteiger charge is -2.53. The van der Waals surface area contributed by atoms with Crippen molar-refractivity contribution in [3.63, 3.8) is 0 Å². The third-order valence-corrected chi connectivity index (χ3v) is 21.3. The molecule has 0 rings (SSSR count). The van der Waals surface area contributed by atoms with E-state index in [0.29, 0.717) is 0 Å². The van der Waals surface area contributed by atoms with Crippen molar-refractivity contribution >= 4 is 32.8 Å². The monoisotopic (exact) mass is 350 g/mol. The van der Waals surface area contributed by atoms with Crippen LogP contribution < -0.4 is 0 Å². The molecular formula is C14H39N2PSi3. The summed E-state index contributed by atoms with van der Waals surface area (Å²) in [4.78, 5) is 0. The summed E-state index contributed by atoms with van der Waals surface area (Å²) in [5.74, 6) is 1.47. The summed E-state index contributed by atoms with van der Waals surface area (Å²) in [5.41, 5.74) is 0. The first kappa shape index (κ1) is 21.0. The Morgan fingerprint density at radius 3 is 1.25 bits per heavy atom. The molecule has 0 aromatic carbocycles. The lowest BCUT2D eigenvalue weighted by Crippen LogP contribution is -2.58. The number of hydrogen-bond donors (Lipinski definition) is 0. The van der Waals surface area contributed by atoms with Gasteiger partial charge in [0.05, 0.1) is 8.07 Å². The van der Waals surface area contributed by atoms with Gasteiger partial charge in [-0.1, -0.05) is 72.8 Å². The molecule has 2 nitrogen and oxygen atoms in total. The molecule has 0 radical (unpaired) electrons. The Kier molecular flexibility index (Phi) is 7.89. The molecule has 1 unspecified atom stereocenters. The molecule has 0 saturated carbocycles. The molecule has 0 spiro atoms. The molecule has 0 aromatic heterocycles. The van der Waals surface area contributed by atoms with Crippen molar-refractivity contribution in [2.24, 2.45) is 0 Å². The summed E-state index contributed by atoms with van der Waals surface area (Å²) in [5, 5.41) is 0. The van der Waals surface area contributed by atoms with E-state index in [2.05, 4.69) is 81.4 Å². The van der Waals surface area contributed by atoms with Gasteiger partial charge in [0.25, 0.3) is 0 Å². The van der Waals surface area contributed by atoms with Gasteiger partial charge in [-0.3, -0.25) is 4.67 Å². The number of nitrogens with zero attached hydrogens (tertiary/aromatic N) is 2. The van der Waals surface area contributed by atoms with Crippen molar-refractivity contribution in [3.05, 3.63) is 0 Å². The van der Waals surface area contributed by atoms with Gasteiger partial charge in [-0.25, -0.2) is 0 Å². The first-order chi connectivity index (χ1) is 8.74. The maximum Gasteiger partial charge on any atom is 0.117 e. The van der Waals surface area contributed by atoms with Gasteiger partial charge in [-0.2, -0.15) is 0 Å². The molecule has 0 amide bonds. The zero-order valence-electron chi connectivity index (χ0n) is 16.0. The average Bonchev–Trinajstić information content (AvgIpc) is 2.11. The normalized spacial score (nSPS) is 16.1. The van der Waals surface area contributed by atoms with Gasteiger partial charge in [0, 0.05) is 21.3 Å².